The van der Waals surface area contributed by atoms with Crippen LogP contribution in [0.15, 0.2) is 0 Å². The van der Waals surface area contributed by atoms with Gasteiger partial charge >= 0.3 is 0 Å². The van der Waals surface area contributed by atoms with Gasteiger partial charge in [0, 0.05) is 5.48 Å². The summed E-state index contributed by atoms with van der Waals surface area (Å²) in [5.41, 5.74) is -3.39. The summed E-state index contributed by atoms with van der Waals surface area (Å²) in [6.45, 7) is 0. The summed E-state index contributed by atoms with van der Waals surface area (Å²) >= 11 is 15.7. The van der Waals surface area contributed by atoms with Crippen molar-refractivity contribution in [3.05, 3.63) is 0 Å². The van der Waals surface area contributed by atoms with Crippen molar-refractivity contribution in [1.29, 1.82) is 0 Å². The molecule has 0 aromatic heterocycles. The fourth-order valence-corrected chi connectivity index (χ4v) is 1.89. The van der Waals surface area contributed by atoms with Crippen LogP contribution in [-0.4, -0.2) is 22.9 Å². The zero-order chi connectivity index (χ0) is 11.5. The molecule has 0 spiro atoms. The Morgan fingerprint density at radius 1 is 0.800 bits per heavy atom. The molecule has 0 fully saturated rings. The minimum atomic E-state index is -0.847. The van der Waals surface area contributed by atoms with E-state index in [1.165, 1.54) is 0 Å². The van der Waals surface area contributed by atoms with Crippen LogP contribution < -0.4 is 0 Å². The van der Waals surface area contributed by atoms with Crippen molar-refractivity contribution in [2.24, 2.45) is 11.8 Å². The third kappa shape index (κ3) is 3.69. The summed E-state index contributed by atoms with van der Waals surface area (Å²) in [5, 5.41) is 0. The molecule has 0 aliphatic heterocycles. The molecule has 0 saturated heterocycles. The molecule has 62 valence electrons. The largest absolute Gasteiger partial charge is 0.179 e. The molecule has 0 N–H and O–H groups in total. The summed E-state index contributed by atoms with van der Waals surface area (Å²) in [6, 6.07) is 0. The fraction of sp³-hybridized carbons (Fsp3) is 1.00. The molecule has 0 aliphatic rings. The van der Waals surface area contributed by atoms with E-state index in [-0.39, 0.29) is 0 Å². The molecule has 0 radical (unpaired) electrons. The van der Waals surface area contributed by atoms with Crippen LogP contribution in [0.25, 0.3) is 0 Å². The second-order valence-corrected chi connectivity index (χ2v) is 2.94. The Kier molecular flexibility index (Phi) is 4.20. The van der Waals surface area contributed by atoms with Gasteiger partial charge in [0.05, 0.1) is 0 Å². The zero-order valence-corrected chi connectivity index (χ0v) is 8.83. The number of hydrogen-bond acceptors (Lipinski definition) is 4. The SMILES string of the molecule is [2H]C(S)C(C([2H])S)C(C([2H])S)C([2H])S. The van der Waals surface area contributed by atoms with Gasteiger partial charge in [0.15, 0.2) is 0 Å². The van der Waals surface area contributed by atoms with Crippen molar-refractivity contribution in [1.82, 2.24) is 0 Å². The van der Waals surface area contributed by atoms with Crippen LogP contribution in [0.3, 0.4) is 0 Å². The van der Waals surface area contributed by atoms with E-state index in [0.717, 1.165) is 0 Å². The topological polar surface area (TPSA) is 0 Å². The molecule has 0 bridgehead atoms. The first-order valence-electron chi connectivity index (χ1n) is 5.01. The van der Waals surface area contributed by atoms with Gasteiger partial charge in [-0.2, -0.15) is 50.5 Å². The summed E-state index contributed by atoms with van der Waals surface area (Å²) in [7, 11) is 0. The molecule has 0 heterocycles. The molecule has 0 amide bonds. The van der Waals surface area contributed by atoms with E-state index in [9.17, 15) is 0 Å². The van der Waals surface area contributed by atoms with E-state index in [2.05, 4.69) is 50.5 Å². The summed E-state index contributed by atoms with van der Waals surface area (Å²) in [5.74, 6) is -1.19. The van der Waals surface area contributed by atoms with E-state index in [1.54, 1.807) is 0 Å². The zero-order valence-electron chi connectivity index (χ0n) is 9.25. The molecule has 0 aromatic carbocycles. The second kappa shape index (κ2) is 7.07. The highest BCUT2D eigenvalue weighted by atomic mass is 32.1. The fourth-order valence-electron chi connectivity index (χ4n) is 0.475. The first-order chi connectivity index (χ1) is 6.29. The second-order valence-electron chi connectivity index (χ2n) is 1.75. The van der Waals surface area contributed by atoms with Gasteiger partial charge in [0.1, 0.15) is 0 Å². The Labute approximate surface area is 90.8 Å². The summed E-state index contributed by atoms with van der Waals surface area (Å²) in [6.07, 6.45) is 0. The average Bonchev–Trinajstić information content (AvgIpc) is 1.96. The summed E-state index contributed by atoms with van der Waals surface area (Å²) in [4.78, 5) is 0. The van der Waals surface area contributed by atoms with Gasteiger partial charge in [-0.1, -0.05) is 0 Å². The lowest BCUT2D eigenvalue weighted by Gasteiger charge is -2.20. The van der Waals surface area contributed by atoms with Crippen molar-refractivity contribution >= 4 is 50.5 Å². The Bertz CT molecular complexity index is 130. The van der Waals surface area contributed by atoms with Crippen molar-refractivity contribution in [2.75, 3.05) is 22.9 Å². The standard InChI is InChI=1S/C6H14S4/c7-1-5(2-8)6(3-9)4-10/h5-10H,1-4H2/i1D,2D,3D,4D. The quantitative estimate of drug-likeness (QED) is 0.498. The first-order valence-corrected chi connectivity index (χ1v) is 4.77. The van der Waals surface area contributed by atoms with Gasteiger partial charge in [-0.25, -0.2) is 0 Å². The van der Waals surface area contributed by atoms with E-state index in [1.807, 2.05) is 0 Å². The predicted molar refractivity (Wildman–Crippen MR) is 62.4 cm³/mol. The van der Waals surface area contributed by atoms with E-state index in [0.29, 0.717) is 0 Å². The van der Waals surface area contributed by atoms with Gasteiger partial charge in [-0.3, -0.25) is 0 Å². The molecule has 0 nitrogen and oxygen atoms in total. The van der Waals surface area contributed by atoms with Gasteiger partial charge in [-0.15, -0.1) is 0 Å². The van der Waals surface area contributed by atoms with E-state index < -0.39 is 34.8 Å². The number of rotatable bonds is 5. The van der Waals surface area contributed by atoms with Crippen LogP contribution in [0.2, 0.25) is 0 Å². The summed E-state index contributed by atoms with van der Waals surface area (Å²) < 4.78 is 29.8. The smallest absolute Gasteiger partial charge is 0.0381 e. The van der Waals surface area contributed by atoms with Gasteiger partial charge in [0.25, 0.3) is 0 Å². The molecule has 4 atom stereocenters. The van der Waals surface area contributed by atoms with Crippen LogP contribution in [0.4, 0.5) is 0 Å². The van der Waals surface area contributed by atoms with Crippen molar-refractivity contribution < 1.29 is 5.48 Å². The molecule has 0 saturated carbocycles. The molecule has 0 aliphatic carbocycles. The van der Waals surface area contributed by atoms with Crippen LogP contribution in [0, 0.1) is 11.8 Å². The minimum absolute atomic E-state index is 0.596. The Hall–Kier alpha value is 1.40. The first kappa shape index (κ1) is 5.95. The van der Waals surface area contributed by atoms with Crippen LogP contribution in [0.1, 0.15) is 5.48 Å². The van der Waals surface area contributed by atoms with Crippen LogP contribution in [0.5, 0.6) is 0 Å². The molecule has 4 heteroatoms. The molecule has 10 heavy (non-hydrogen) atoms. The lowest BCUT2D eigenvalue weighted by atomic mass is 10.00. The van der Waals surface area contributed by atoms with E-state index in [4.69, 9.17) is 5.48 Å². The molecule has 0 aromatic rings. The van der Waals surface area contributed by atoms with Crippen LogP contribution >= 0.6 is 50.5 Å². The predicted octanol–water partition coefficient (Wildman–Crippen LogP) is 1.94. The molecule has 0 rings (SSSR count). The highest BCUT2D eigenvalue weighted by Gasteiger charge is 2.15. The van der Waals surface area contributed by atoms with E-state index >= 15 is 0 Å². The van der Waals surface area contributed by atoms with Crippen LogP contribution in [-0.2, 0) is 0 Å². The maximum Gasteiger partial charge on any atom is 0.0381 e. The Morgan fingerprint density at radius 2 is 1.00 bits per heavy atom. The number of thiol groups is 4. The lowest BCUT2D eigenvalue weighted by Crippen LogP contribution is -2.21. The third-order valence-electron chi connectivity index (χ3n) is 1.13. The minimum Gasteiger partial charge on any atom is -0.179 e. The van der Waals surface area contributed by atoms with Gasteiger partial charge in [0.2, 0.25) is 0 Å². The van der Waals surface area contributed by atoms with Gasteiger partial charge in [-0.05, 0) is 34.8 Å². The molecule has 4 unspecified atom stereocenters. The lowest BCUT2D eigenvalue weighted by molar-refractivity contribution is 0.491. The van der Waals surface area contributed by atoms with Crippen molar-refractivity contribution in [2.45, 2.75) is 0 Å². The highest BCUT2D eigenvalue weighted by Crippen LogP contribution is 2.17. The average molecular weight is 218 g/mol. The molecular formula is C6H14S4. The maximum absolute atomic E-state index is 7.44. The maximum atomic E-state index is 7.44. The Morgan fingerprint density at radius 3 is 1.10 bits per heavy atom. The van der Waals surface area contributed by atoms with Crippen molar-refractivity contribution in [3.63, 3.8) is 0 Å². The Balaban J connectivity index is 4.74. The third-order valence-corrected chi connectivity index (χ3v) is 2.51. The number of hydrogen-bond donors (Lipinski definition) is 4. The normalized spacial score (nSPS) is 35.2. The monoisotopic (exact) mass is 218 g/mol. The van der Waals surface area contributed by atoms with Gasteiger partial charge < -0.3 is 0 Å². The highest BCUT2D eigenvalue weighted by molar-refractivity contribution is 7.81. The van der Waals surface area contributed by atoms with Crippen molar-refractivity contribution in [3.8, 4) is 0 Å². The molecular weight excluding hydrogens is 200 g/mol.